The Morgan fingerprint density at radius 3 is 2.64 bits per heavy atom. The summed E-state index contributed by atoms with van der Waals surface area (Å²) < 4.78 is 0. The molecule has 0 radical (unpaired) electrons. The highest BCUT2D eigenvalue weighted by Crippen LogP contribution is 2.11. The van der Waals surface area contributed by atoms with Gasteiger partial charge in [-0.2, -0.15) is 5.26 Å². The van der Waals surface area contributed by atoms with Crippen LogP contribution in [0, 0.1) is 11.3 Å². The third-order valence-corrected chi connectivity index (χ3v) is 3.32. The summed E-state index contributed by atoms with van der Waals surface area (Å²) in [6, 6.07) is 14.3. The van der Waals surface area contributed by atoms with Crippen molar-refractivity contribution in [1.82, 2.24) is 15.0 Å². The van der Waals surface area contributed by atoms with Gasteiger partial charge < -0.3 is 10.6 Å². The lowest BCUT2D eigenvalue weighted by atomic mass is 10.2. The molecule has 2 N–H and O–H groups in total. The van der Waals surface area contributed by atoms with Crippen LogP contribution in [0.5, 0.6) is 0 Å². The molecular weight excluding hydrogens is 316 g/mol. The molecule has 0 unspecified atom stereocenters. The SMILES string of the molecule is N#Cc1cccc(NC(=O)c2cnc(NCc3ccccn3)nc2)c1. The molecule has 7 heteroatoms. The van der Waals surface area contributed by atoms with Crippen LogP contribution in [-0.2, 0) is 6.54 Å². The second-order valence-corrected chi connectivity index (χ2v) is 5.12. The molecule has 0 saturated carbocycles. The fourth-order valence-electron chi connectivity index (χ4n) is 2.08. The van der Waals surface area contributed by atoms with E-state index in [0.717, 1.165) is 5.69 Å². The van der Waals surface area contributed by atoms with E-state index >= 15 is 0 Å². The smallest absolute Gasteiger partial charge is 0.258 e. The van der Waals surface area contributed by atoms with Crippen molar-refractivity contribution in [2.75, 3.05) is 10.6 Å². The molecule has 2 heterocycles. The Morgan fingerprint density at radius 2 is 1.92 bits per heavy atom. The Labute approximate surface area is 144 Å². The first-order valence-electron chi connectivity index (χ1n) is 7.52. The molecule has 122 valence electrons. The molecule has 1 amide bonds. The summed E-state index contributed by atoms with van der Waals surface area (Å²) in [6.07, 6.45) is 4.60. The standard InChI is InChI=1S/C18H14N6O/c19-9-13-4-3-6-15(8-13)24-17(25)14-10-21-18(22-11-14)23-12-16-5-1-2-7-20-16/h1-8,10-11H,12H2,(H,24,25)(H,21,22,23). The largest absolute Gasteiger partial charge is 0.349 e. The number of nitriles is 1. The zero-order valence-electron chi connectivity index (χ0n) is 13.2. The number of aromatic nitrogens is 3. The van der Waals surface area contributed by atoms with Crippen LogP contribution in [0.1, 0.15) is 21.6 Å². The van der Waals surface area contributed by atoms with E-state index in [-0.39, 0.29) is 5.91 Å². The lowest BCUT2D eigenvalue weighted by Crippen LogP contribution is -2.13. The molecule has 3 rings (SSSR count). The Hall–Kier alpha value is -3.79. The first kappa shape index (κ1) is 16.1. The maximum Gasteiger partial charge on any atom is 0.258 e. The minimum Gasteiger partial charge on any atom is -0.349 e. The summed E-state index contributed by atoms with van der Waals surface area (Å²) in [5.41, 5.74) is 2.21. The van der Waals surface area contributed by atoms with Crippen molar-refractivity contribution in [3.8, 4) is 6.07 Å². The second kappa shape index (κ2) is 7.66. The van der Waals surface area contributed by atoms with Crippen LogP contribution >= 0.6 is 0 Å². The van der Waals surface area contributed by atoms with Crippen molar-refractivity contribution >= 4 is 17.5 Å². The lowest BCUT2D eigenvalue weighted by Gasteiger charge is -2.07. The van der Waals surface area contributed by atoms with Crippen LogP contribution in [-0.4, -0.2) is 20.9 Å². The number of amides is 1. The Bertz CT molecular complexity index is 903. The van der Waals surface area contributed by atoms with Gasteiger partial charge in [-0.1, -0.05) is 12.1 Å². The molecule has 7 nitrogen and oxygen atoms in total. The third-order valence-electron chi connectivity index (χ3n) is 3.32. The van der Waals surface area contributed by atoms with Gasteiger partial charge in [0.1, 0.15) is 0 Å². The highest BCUT2D eigenvalue weighted by Gasteiger charge is 2.08. The second-order valence-electron chi connectivity index (χ2n) is 5.12. The lowest BCUT2D eigenvalue weighted by molar-refractivity contribution is 0.102. The molecule has 0 aliphatic heterocycles. The fourth-order valence-corrected chi connectivity index (χ4v) is 2.08. The number of nitrogens with one attached hydrogen (secondary N) is 2. The van der Waals surface area contributed by atoms with E-state index in [0.29, 0.717) is 29.3 Å². The number of carbonyl (C=O) groups is 1. The molecule has 0 fully saturated rings. The van der Waals surface area contributed by atoms with Crippen LogP contribution < -0.4 is 10.6 Å². The van der Waals surface area contributed by atoms with E-state index in [4.69, 9.17) is 5.26 Å². The van der Waals surface area contributed by atoms with Gasteiger partial charge in [0.25, 0.3) is 5.91 Å². The van der Waals surface area contributed by atoms with Crippen molar-refractivity contribution in [3.05, 3.63) is 77.9 Å². The molecule has 1 aromatic carbocycles. The third kappa shape index (κ3) is 4.36. The minimum absolute atomic E-state index is 0.325. The average Bonchev–Trinajstić information content (AvgIpc) is 2.67. The number of anilines is 2. The van der Waals surface area contributed by atoms with Crippen LogP contribution in [0.3, 0.4) is 0 Å². The molecule has 0 aliphatic carbocycles. The molecule has 0 atom stereocenters. The highest BCUT2D eigenvalue weighted by molar-refractivity contribution is 6.03. The average molecular weight is 330 g/mol. The van der Waals surface area contributed by atoms with Gasteiger partial charge in [0, 0.05) is 24.3 Å². The Kier molecular flexibility index (Phi) is 4.93. The van der Waals surface area contributed by atoms with Crippen molar-refractivity contribution in [2.45, 2.75) is 6.54 Å². The Morgan fingerprint density at radius 1 is 1.08 bits per heavy atom. The Balaban J connectivity index is 1.61. The summed E-state index contributed by atoms with van der Waals surface area (Å²) in [7, 11) is 0. The number of hydrogen-bond donors (Lipinski definition) is 2. The van der Waals surface area contributed by atoms with E-state index in [1.807, 2.05) is 24.3 Å². The van der Waals surface area contributed by atoms with Gasteiger partial charge in [-0.15, -0.1) is 0 Å². The maximum absolute atomic E-state index is 12.2. The summed E-state index contributed by atoms with van der Waals surface area (Å²) in [5.74, 6) is 0.0695. The topological polar surface area (TPSA) is 104 Å². The van der Waals surface area contributed by atoms with Crippen LogP contribution in [0.25, 0.3) is 0 Å². The first-order chi connectivity index (χ1) is 12.2. The van der Waals surface area contributed by atoms with Gasteiger partial charge in [-0.05, 0) is 30.3 Å². The zero-order valence-corrected chi connectivity index (χ0v) is 13.2. The normalized spacial score (nSPS) is 9.88. The minimum atomic E-state index is -0.341. The number of nitrogens with zero attached hydrogens (tertiary/aromatic N) is 4. The quantitative estimate of drug-likeness (QED) is 0.745. The predicted molar refractivity (Wildman–Crippen MR) is 92.7 cm³/mol. The number of carbonyl (C=O) groups excluding carboxylic acids is 1. The monoisotopic (exact) mass is 330 g/mol. The predicted octanol–water partition coefficient (Wildman–Crippen LogP) is 2.61. The van der Waals surface area contributed by atoms with Crippen molar-refractivity contribution in [3.63, 3.8) is 0 Å². The molecule has 2 aromatic heterocycles. The molecule has 3 aromatic rings. The van der Waals surface area contributed by atoms with Crippen molar-refractivity contribution < 1.29 is 4.79 Å². The van der Waals surface area contributed by atoms with Crippen molar-refractivity contribution in [2.24, 2.45) is 0 Å². The van der Waals surface area contributed by atoms with Crippen LogP contribution in [0.15, 0.2) is 61.1 Å². The molecule has 25 heavy (non-hydrogen) atoms. The molecule has 0 saturated heterocycles. The molecule has 0 aliphatic rings. The van der Waals surface area contributed by atoms with Crippen LogP contribution in [0.4, 0.5) is 11.6 Å². The zero-order chi connectivity index (χ0) is 17.5. The summed E-state index contributed by atoms with van der Waals surface area (Å²) in [5, 5.41) is 14.6. The number of hydrogen-bond acceptors (Lipinski definition) is 6. The van der Waals surface area contributed by atoms with Gasteiger partial charge in [-0.25, -0.2) is 9.97 Å². The molecule has 0 bridgehead atoms. The van der Waals surface area contributed by atoms with E-state index in [1.54, 1.807) is 30.5 Å². The fraction of sp³-hybridized carbons (Fsp3) is 0.0556. The van der Waals surface area contributed by atoms with E-state index in [9.17, 15) is 4.79 Å². The number of rotatable bonds is 5. The maximum atomic E-state index is 12.2. The van der Waals surface area contributed by atoms with E-state index < -0.39 is 0 Å². The van der Waals surface area contributed by atoms with Crippen LogP contribution in [0.2, 0.25) is 0 Å². The van der Waals surface area contributed by atoms with E-state index in [2.05, 4.69) is 25.6 Å². The number of benzene rings is 1. The summed E-state index contributed by atoms with van der Waals surface area (Å²) in [4.78, 5) is 24.6. The molecule has 0 spiro atoms. The van der Waals surface area contributed by atoms with Gasteiger partial charge in [-0.3, -0.25) is 9.78 Å². The highest BCUT2D eigenvalue weighted by atomic mass is 16.1. The van der Waals surface area contributed by atoms with Gasteiger partial charge in [0.15, 0.2) is 0 Å². The van der Waals surface area contributed by atoms with E-state index in [1.165, 1.54) is 12.4 Å². The number of pyridine rings is 1. The molecular formula is C18H14N6O. The first-order valence-corrected chi connectivity index (χ1v) is 7.52. The van der Waals surface area contributed by atoms with Crippen molar-refractivity contribution in [1.29, 1.82) is 5.26 Å². The van der Waals surface area contributed by atoms with Gasteiger partial charge in [0.2, 0.25) is 5.95 Å². The van der Waals surface area contributed by atoms with Gasteiger partial charge in [0.05, 0.1) is 29.4 Å². The summed E-state index contributed by atoms with van der Waals surface area (Å²) in [6.45, 7) is 0.493. The van der Waals surface area contributed by atoms with Gasteiger partial charge >= 0.3 is 0 Å². The summed E-state index contributed by atoms with van der Waals surface area (Å²) >= 11 is 0.